The summed E-state index contributed by atoms with van der Waals surface area (Å²) in [5.41, 5.74) is 6.51. The smallest absolute Gasteiger partial charge is 0.119 e. The molecule has 16 heavy (non-hydrogen) atoms. The van der Waals surface area contributed by atoms with Gasteiger partial charge in [-0.2, -0.15) is 0 Å². The first-order chi connectivity index (χ1) is 7.72. The molecular weight excluding hydrogens is 206 g/mol. The van der Waals surface area contributed by atoms with Crippen molar-refractivity contribution in [2.75, 3.05) is 13.3 Å². The molecule has 0 aliphatic rings. The molecule has 0 atom stereocenters. The van der Waals surface area contributed by atoms with E-state index >= 15 is 0 Å². The third kappa shape index (κ3) is 4.77. The highest BCUT2D eigenvalue weighted by molar-refractivity contribution is 5.77. The molecule has 1 rings (SSSR count). The zero-order valence-electron chi connectivity index (χ0n) is 9.45. The van der Waals surface area contributed by atoms with Crippen molar-refractivity contribution in [2.24, 2.45) is 10.7 Å². The molecule has 0 fully saturated rings. The molecule has 0 amide bonds. The molecule has 0 saturated carbocycles. The fourth-order valence-electron chi connectivity index (χ4n) is 1.15. The Morgan fingerprint density at radius 2 is 2.06 bits per heavy atom. The number of halogens is 1. The van der Waals surface area contributed by atoms with Crippen LogP contribution < -0.4 is 10.5 Å². The number of aliphatic imine (C=N–C) groups is 1. The van der Waals surface area contributed by atoms with E-state index in [-0.39, 0.29) is 6.67 Å². The highest BCUT2D eigenvalue weighted by atomic mass is 18.2. The number of nitrogens with zero attached hydrogens (tertiary/aromatic N) is 1. The van der Waals surface area contributed by atoms with Crippen molar-refractivity contribution in [3.05, 3.63) is 29.8 Å². The first-order valence-electron chi connectivity index (χ1n) is 5.26. The average molecular weight is 223 g/mol. The Labute approximate surface area is 95.1 Å². The number of nitrogens with two attached hydrogens (primary N) is 1. The predicted octanol–water partition coefficient (Wildman–Crippen LogP) is 2.30. The zero-order chi connectivity index (χ0) is 11.8. The Balaban J connectivity index is 2.44. The fourth-order valence-corrected chi connectivity index (χ4v) is 1.15. The summed E-state index contributed by atoms with van der Waals surface area (Å²) in [5, 5.41) is 0. The Morgan fingerprint density at radius 3 is 2.62 bits per heavy atom. The third-order valence-electron chi connectivity index (χ3n) is 1.98. The second-order valence-electron chi connectivity index (χ2n) is 3.49. The van der Waals surface area contributed by atoms with E-state index in [1.54, 1.807) is 6.92 Å². The Hall–Kier alpha value is -1.58. The van der Waals surface area contributed by atoms with E-state index in [2.05, 4.69) is 4.99 Å². The van der Waals surface area contributed by atoms with Crippen LogP contribution in [0.4, 0.5) is 4.39 Å². The lowest BCUT2D eigenvalue weighted by Gasteiger charge is -2.05. The van der Waals surface area contributed by atoms with Crippen molar-refractivity contribution < 1.29 is 9.13 Å². The third-order valence-corrected chi connectivity index (χ3v) is 1.98. The van der Waals surface area contributed by atoms with Gasteiger partial charge in [-0.05, 0) is 24.6 Å². The summed E-state index contributed by atoms with van der Waals surface area (Å²) in [6.07, 6.45) is 0.429. The second-order valence-corrected chi connectivity index (χ2v) is 3.49. The maximum atomic E-state index is 11.8. The normalized spacial score (nSPS) is 11.5. The lowest BCUT2D eigenvalue weighted by molar-refractivity contribution is 0.289. The molecule has 0 unspecified atom stereocenters. The van der Waals surface area contributed by atoms with Crippen LogP contribution in [0, 0.1) is 0 Å². The molecule has 0 aliphatic heterocycles. The number of amidine groups is 1. The van der Waals surface area contributed by atoms with Gasteiger partial charge in [-0.25, -0.2) is 0 Å². The van der Waals surface area contributed by atoms with Gasteiger partial charge in [-0.1, -0.05) is 12.1 Å². The van der Waals surface area contributed by atoms with Crippen LogP contribution in [0.15, 0.2) is 29.3 Å². The maximum Gasteiger partial charge on any atom is 0.119 e. The van der Waals surface area contributed by atoms with Crippen LogP contribution in [-0.4, -0.2) is 19.1 Å². The van der Waals surface area contributed by atoms with Crippen molar-refractivity contribution in [1.29, 1.82) is 0 Å². The van der Waals surface area contributed by atoms with Crippen molar-refractivity contribution in [3.8, 4) is 5.75 Å². The molecule has 0 spiro atoms. The summed E-state index contributed by atoms with van der Waals surface area (Å²) in [7, 11) is 0. The number of benzene rings is 1. The Morgan fingerprint density at radius 1 is 1.38 bits per heavy atom. The van der Waals surface area contributed by atoms with Gasteiger partial charge < -0.3 is 10.5 Å². The van der Waals surface area contributed by atoms with Crippen LogP contribution in [0.2, 0.25) is 0 Å². The second kappa shape index (κ2) is 6.82. The first-order valence-corrected chi connectivity index (χ1v) is 5.26. The number of alkyl halides is 1. The van der Waals surface area contributed by atoms with E-state index in [1.807, 2.05) is 24.3 Å². The minimum Gasteiger partial charge on any atom is -0.494 e. The lowest BCUT2D eigenvalue weighted by atomic mass is 10.2. The summed E-state index contributed by atoms with van der Waals surface area (Å²) >= 11 is 0. The van der Waals surface area contributed by atoms with Gasteiger partial charge in [-0.15, -0.1) is 0 Å². The van der Waals surface area contributed by atoms with Gasteiger partial charge in [0.15, 0.2) is 0 Å². The van der Waals surface area contributed by atoms with E-state index in [0.29, 0.717) is 25.4 Å². The molecule has 0 aliphatic carbocycles. The number of hydrogen-bond donors (Lipinski definition) is 1. The molecular formula is C12H17FN2O. The van der Waals surface area contributed by atoms with Crippen molar-refractivity contribution >= 4 is 5.84 Å². The SMILES string of the molecule is CC(N)=NCc1ccc(OCCC[18F])cc1. The summed E-state index contributed by atoms with van der Waals surface area (Å²) in [6.45, 7) is 2.40. The van der Waals surface area contributed by atoms with E-state index in [9.17, 15) is 4.39 Å². The molecule has 0 heterocycles. The standard InChI is InChI=1S/C12H17FN2O/c1-10(14)15-9-11-3-5-12(6-4-11)16-8-2-7-13/h3-6H,2,7-9H2,1H3,(H2,14,15)/i13-1. The van der Waals surface area contributed by atoms with Gasteiger partial charge in [0, 0.05) is 6.42 Å². The van der Waals surface area contributed by atoms with Gasteiger partial charge in [0.25, 0.3) is 0 Å². The quantitative estimate of drug-likeness (QED) is 0.457. The molecule has 1 aromatic carbocycles. The van der Waals surface area contributed by atoms with Crippen molar-refractivity contribution in [2.45, 2.75) is 19.9 Å². The number of hydrogen-bond acceptors (Lipinski definition) is 2. The summed E-state index contributed by atoms with van der Waals surface area (Å²) < 4.78 is 17.2. The molecule has 0 aromatic heterocycles. The largest absolute Gasteiger partial charge is 0.494 e. The van der Waals surface area contributed by atoms with E-state index in [4.69, 9.17) is 10.5 Å². The molecule has 3 nitrogen and oxygen atoms in total. The minimum absolute atomic E-state index is 0.345. The van der Waals surface area contributed by atoms with Gasteiger partial charge >= 0.3 is 0 Å². The molecule has 4 heteroatoms. The van der Waals surface area contributed by atoms with Crippen LogP contribution in [0.5, 0.6) is 5.75 Å². The maximum absolute atomic E-state index is 11.8. The highest BCUT2D eigenvalue weighted by Crippen LogP contribution is 2.13. The van der Waals surface area contributed by atoms with Crippen molar-refractivity contribution in [3.63, 3.8) is 0 Å². The predicted molar refractivity (Wildman–Crippen MR) is 63.5 cm³/mol. The number of rotatable bonds is 6. The molecule has 0 bridgehead atoms. The van der Waals surface area contributed by atoms with E-state index in [0.717, 1.165) is 11.3 Å². The molecule has 2 N–H and O–H groups in total. The summed E-state index contributed by atoms with van der Waals surface area (Å²) in [4.78, 5) is 4.10. The number of ether oxygens (including phenoxy) is 1. The van der Waals surface area contributed by atoms with Crippen LogP contribution in [0.1, 0.15) is 18.9 Å². The monoisotopic (exact) mass is 223 g/mol. The topological polar surface area (TPSA) is 47.6 Å². The first kappa shape index (κ1) is 12.5. The molecule has 0 radical (unpaired) electrons. The fraction of sp³-hybridized carbons (Fsp3) is 0.417. The van der Waals surface area contributed by atoms with Gasteiger partial charge in [0.2, 0.25) is 0 Å². The lowest BCUT2D eigenvalue weighted by Crippen LogP contribution is -2.05. The van der Waals surface area contributed by atoms with Gasteiger partial charge in [0.1, 0.15) is 5.75 Å². The molecule has 1 aromatic rings. The highest BCUT2D eigenvalue weighted by Gasteiger charge is 1.95. The molecule has 0 saturated heterocycles. The van der Waals surface area contributed by atoms with Crippen LogP contribution in [0.25, 0.3) is 0 Å². The van der Waals surface area contributed by atoms with Gasteiger partial charge in [-0.3, -0.25) is 9.38 Å². The van der Waals surface area contributed by atoms with Crippen LogP contribution in [0.3, 0.4) is 0 Å². The van der Waals surface area contributed by atoms with Gasteiger partial charge in [0.05, 0.1) is 25.7 Å². The zero-order valence-corrected chi connectivity index (χ0v) is 9.45. The Kier molecular flexibility index (Phi) is 5.32. The summed E-state index contributed by atoms with van der Waals surface area (Å²) in [6, 6.07) is 7.57. The summed E-state index contributed by atoms with van der Waals surface area (Å²) in [5.74, 6) is 1.33. The van der Waals surface area contributed by atoms with Crippen molar-refractivity contribution in [1.82, 2.24) is 0 Å². The van der Waals surface area contributed by atoms with Crippen LogP contribution in [-0.2, 0) is 6.54 Å². The average Bonchev–Trinajstić information content (AvgIpc) is 2.28. The van der Waals surface area contributed by atoms with E-state index < -0.39 is 0 Å². The van der Waals surface area contributed by atoms with E-state index in [1.165, 1.54) is 0 Å². The van der Waals surface area contributed by atoms with Crippen LogP contribution >= 0.6 is 0 Å². The molecule has 88 valence electrons. The Bertz CT molecular complexity index is 331. The minimum atomic E-state index is -0.345.